The molecule has 2 N–H and O–H groups in total. The van der Waals surface area contributed by atoms with E-state index >= 15 is 0 Å². The Morgan fingerprint density at radius 1 is 1.10 bits per heavy atom. The topological polar surface area (TPSA) is 80.4 Å². The predicted octanol–water partition coefficient (Wildman–Crippen LogP) is 2.10. The molecule has 0 fully saturated rings. The van der Waals surface area contributed by atoms with Gasteiger partial charge in [-0.2, -0.15) is 0 Å². The average molecular weight is 401 g/mol. The minimum Gasteiger partial charge on any atom is -0.345 e. The van der Waals surface area contributed by atoms with Crippen LogP contribution in [0.2, 0.25) is 0 Å². The van der Waals surface area contributed by atoms with E-state index in [1.54, 1.807) is 16.8 Å². The minimum absolute atomic E-state index is 0.249. The highest BCUT2D eigenvalue weighted by Gasteiger charge is 2.35. The molecule has 0 spiro atoms. The molecule has 7 nitrogen and oxygen atoms in total. The fraction of sp³-hybridized carbons (Fsp3) is 0.136. The van der Waals surface area contributed by atoms with Crippen molar-refractivity contribution >= 4 is 39.5 Å². The monoisotopic (exact) mass is 401 g/mol. The number of hydrogen-bond donors (Lipinski definition) is 2. The summed E-state index contributed by atoms with van der Waals surface area (Å²) in [4.78, 5) is 30.0. The fourth-order valence-electron chi connectivity index (χ4n) is 4.50. The molecule has 2 aliphatic heterocycles. The van der Waals surface area contributed by atoms with Crippen molar-refractivity contribution in [2.75, 3.05) is 6.54 Å². The van der Waals surface area contributed by atoms with Crippen LogP contribution in [-0.4, -0.2) is 32.3 Å². The number of amides is 2. The number of halogens is 1. The van der Waals surface area contributed by atoms with Gasteiger partial charge in [-0.25, -0.2) is 9.37 Å². The van der Waals surface area contributed by atoms with Gasteiger partial charge in [0.25, 0.3) is 11.8 Å². The molecule has 0 bridgehead atoms. The third-order valence-corrected chi connectivity index (χ3v) is 5.73. The van der Waals surface area contributed by atoms with Gasteiger partial charge >= 0.3 is 0 Å². The van der Waals surface area contributed by atoms with Crippen molar-refractivity contribution in [1.82, 2.24) is 24.6 Å². The Balaban J connectivity index is 1.69. The molecule has 2 aliphatic rings. The SMILES string of the molecule is O=C1NC(=O)C(c2cnc3ccccn23)=C1c1cn2c3c(cc(F)cc13)CNCC2. The number of imide groups is 1. The van der Waals surface area contributed by atoms with E-state index in [1.165, 1.54) is 12.1 Å². The lowest BCUT2D eigenvalue weighted by Crippen LogP contribution is -2.23. The predicted molar refractivity (Wildman–Crippen MR) is 109 cm³/mol. The van der Waals surface area contributed by atoms with Crippen LogP contribution in [0.3, 0.4) is 0 Å². The number of benzene rings is 1. The van der Waals surface area contributed by atoms with Crippen LogP contribution in [0.25, 0.3) is 27.7 Å². The van der Waals surface area contributed by atoms with Crippen molar-refractivity contribution < 1.29 is 14.0 Å². The second kappa shape index (κ2) is 6.11. The zero-order chi connectivity index (χ0) is 20.4. The fourth-order valence-corrected chi connectivity index (χ4v) is 4.50. The van der Waals surface area contributed by atoms with Gasteiger partial charge in [0.15, 0.2) is 0 Å². The number of hydrogen-bond acceptors (Lipinski definition) is 4. The highest BCUT2D eigenvalue weighted by atomic mass is 19.1. The first kappa shape index (κ1) is 17.1. The first-order chi connectivity index (χ1) is 14.6. The molecule has 1 aromatic carbocycles. The lowest BCUT2D eigenvalue weighted by atomic mass is 9.98. The van der Waals surface area contributed by atoms with E-state index in [1.807, 2.05) is 29.0 Å². The van der Waals surface area contributed by atoms with Gasteiger partial charge in [0.1, 0.15) is 11.5 Å². The molecule has 0 saturated carbocycles. The smallest absolute Gasteiger partial charge is 0.261 e. The van der Waals surface area contributed by atoms with Crippen molar-refractivity contribution in [3.05, 3.63) is 71.6 Å². The number of fused-ring (bicyclic) bond motifs is 1. The minimum atomic E-state index is -0.485. The van der Waals surface area contributed by atoms with Gasteiger partial charge in [-0.3, -0.25) is 19.3 Å². The van der Waals surface area contributed by atoms with Gasteiger partial charge < -0.3 is 9.88 Å². The summed E-state index contributed by atoms with van der Waals surface area (Å²) in [5.74, 6) is -1.34. The second-order valence-electron chi connectivity index (χ2n) is 7.48. The summed E-state index contributed by atoms with van der Waals surface area (Å²) >= 11 is 0. The highest BCUT2D eigenvalue weighted by molar-refractivity contribution is 6.49. The molecule has 5 heterocycles. The normalized spacial score (nSPS) is 16.6. The molecule has 0 radical (unpaired) electrons. The van der Waals surface area contributed by atoms with E-state index in [0.29, 0.717) is 35.4 Å². The standard InChI is InChI=1S/C22H16FN5O2/c23-13-7-12-9-24-4-6-27-11-15(14(8-13)20(12)27)18-19(22(30)26-21(18)29)16-10-25-17-3-1-2-5-28(16)17/h1-3,5,7-8,10-11,24H,4,6,9H2,(H,26,29,30). The van der Waals surface area contributed by atoms with Crippen LogP contribution in [-0.2, 0) is 22.7 Å². The Morgan fingerprint density at radius 3 is 2.87 bits per heavy atom. The van der Waals surface area contributed by atoms with Crippen LogP contribution in [0, 0.1) is 5.82 Å². The Bertz CT molecular complexity index is 1430. The van der Waals surface area contributed by atoms with E-state index in [0.717, 1.165) is 17.6 Å². The lowest BCUT2D eigenvalue weighted by molar-refractivity contribution is -0.122. The van der Waals surface area contributed by atoms with E-state index < -0.39 is 11.8 Å². The van der Waals surface area contributed by atoms with Crippen LogP contribution in [0.1, 0.15) is 16.8 Å². The molecular formula is C22H16FN5O2. The summed E-state index contributed by atoms with van der Waals surface area (Å²) in [6.07, 6.45) is 5.22. The first-order valence-electron chi connectivity index (χ1n) is 9.66. The van der Waals surface area contributed by atoms with E-state index in [9.17, 15) is 14.0 Å². The number of nitrogens with one attached hydrogen (secondary N) is 2. The second-order valence-corrected chi connectivity index (χ2v) is 7.48. The number of carbonyl (C=O) groups is 2. The molecule has 30 heavy (non-hydrogen) atoms. The van der Waals surface area contributed by atoms with Gasteiger partial charge in [-0.05, 0) is 29.8 Å². The van der Waals surface area contributed by atoms with Gasteiger partial charge in [0.05, 0.1) is 28.6 Å². The molecule has 3 aromatic heterocycles. The summed E-state index contributed by atoms with van der Waals surface area (Å²) < 4.78 is 18.2. The number of imidazole rings is 1. The molecule has 0 unspecified atom stereocenters. The Hall–Kier alpha value is -3.78. The summed E-state index contributed by atoms with van der Waals surface area (Å²) in [7, 11) is 0. The number of rotatable bonds is 2. The molecule has 0 saturated heterocycles. The number of nitrogens with zero attached hydrogens (tertiary/aromatic N) is 3. The van der Waals surface area contributed by atoms with E-state index in [2.05, 4.69) is 15.6 Å². The quantitative estimate of drug-likeness (QED) is 0.504. The summed E-state index contributed by atoms with van der Waals surface area (Å²) in [5.41, 5.74) is 3.96. The summed E-state index contributed by atoms with van der Waals surface area (Å²) in [5, 5.41) is 6.31. The summed E-state index contributed by atoms with van der Waals surface area (Å²) in [6.45, 7) is 1.95. The number of carbonyl (C=O) groups excluding carboxylic acids is 2. The van der Waals surface area contributed by atoms with Crippen molar-refractivity contribution in [3.8, 4) is 0 Å². The van der Waals surface area contributed by atoms with Crippen LogP contribution in [0.4, 0.5) is 4.39 Å². The molecule has 6 rings (SSSR count). The third kappa shape index (κ3) is 2.31. The average Bonchev–Trinajstić information content (AvgIpc) is 3.33. The Morgan fingerprint density at radius 2 is 1.97 bits per heavy atom. The van der Waals surface area contributed by atoms with Crippen molar-refractivity contribution in [2.45, 2.75) is 13.1 Å². The Kier molecular flexibility index (Phi) is 3.48. The van der Waals surface area contributed by atoms with Crippen LogP contribution in [0.5, 0.6) is 0 Å². The molecular weight excluding hydrogens is 385 g/mol. The van der Waals surface area contributed by atoms with Crippen molar-refractivity contribution in [1.29, 1.82) is 0 Å². The van der Waals surface area contributed by atoms with Gasteiger partial charge in [-0.1, -0.05) is 6.07 Å². The molecule has 0 aliphatic carbocycles. The van der Waals surface area contributed by atoms with Crippen LogP contribution >= 0.6 is 0 Å². The maximum atomic E-state index is 14.4. The van der Waals surface area contributed by atoms with Crippen molar-refractivity contribution in [3.63, 3.8) is 0 Å². The Labute approximate surface area is 169 Å². The molecule has 2 amide bonds. The maximum Gasteiger partial charge on any atom is 0.261 e. The summed E-state index contributed by atoms with van der Waals surface area (Å²) in [6, 6.07) is 8.46. The molecule has 148 valence electrons. The lowest BCUT2D eigenvalue weighted by Gasteiger charge is -2.06. The zero-order valence-corrected chi connectivity index (χ0v) is 15.8. The van der Waals surface area contributed by atoms with E-state index in [4.69, 9.17) is 0 Å². The largest absolute Gasteiger partial charge is 0.345 e. The molecule has 0 atom stereocenters. The van der Waals surface area contributed by atoms with Gasteiger partial charge in [-0.15, -0.1) is 0 Å². The molecule has 4 aromatic rings. The maximum absolute atomic E-state index is 14.4. The van der Waals surface area contributed by atoms with Gasteiger partial charge in [0, 0.05) is 43.0 Å². The molecule has 8 heteroatoms. The first-order valence-corrected chi connectivity index (χ1v) is 9.66. The van der Waals surface area contributed by atoms with E-state index in [-0.39, 0.29) is 17.0 Å². The van der Waals surface area contributed by atoms with Crippen LogP contribution < -0.4 is 10.6 Å². The van der Waals surface area contributed by atoms with Crippen LogP contribution in [0.15, 0.2) is 48.9 Å². The highest BCUT2D eigenvalue weighted by Crippen LogP contribution is 2.37. The zero-order valence-electron chi connectivity index (χ0n) is 15.8. The van der Waals surface area contributed by atoms with Gasteiger partial charge in [0.2, 0.25) is 0 Å². The van der Waals surface area contributed by atoms with Crippen molar-refractivity contribution in [2.24, 2.45) is 0 Å². The number of pyridine rings is 1. The number of aromatic nitrogens is 3. The third-order valence-electron chi connectivity index (χ3n) is 5.73.